The van der Waals surface area contributed by atoms with E-state index in [4.69, 9.17) is 4.42 Å². The summed E-state index contributed by atoms with van der Waals surface area (Å²) in [4.78, 5) is 0. The van der Waals surface area contributed by atoms with E-state index in [0.717, 1.165) is 12.2 Å². The molecule has 0 bridgehead atoms. The molecule has 0 spiro atoms. The average Bonchev–Trinajstić information content (AvgIpc) is 2.61. The molecule has 2 heteroatoms. The van der Waals surface area contributed by atoms with E-state index in [0.29, 0.717) is 0 Å². The van der Waals surface area contributed by atoms with E-state index in [1.54, 1.807) is 6.26 Å². The average molecular weight is 193 g/mol. The molecule has 2 nitrogen and oxygen atoms in total. The van der Waals surface area contributed by atoms with Gasteiger partial charge in [0.25, 0.3) is 0 Å². The van der Waals surface area contributed by atoms with E-state index in [2.05, 4.69) is 32.2 Å². The predicted octanol–water partition coefficient (Wildman–Crippen LogP) is 3.07. The van der Waals surface area contributed by atoms with Crippen molar-refractivity contribution in [3.63, 3.8) is 0 Å². The molecule has 1 rings (SSSR count). The number of rotatable bonds is 4. The molecule has 0 saturated heterocycles. The summed E-state index contributed by atoms with van der Waals surface area (Å²) in [6.45, 7) is 6.32. The van der Waals surface area contributed by atoms with Crippen LogP contribution in [-0.2, 0) is 6.42 Å². The zero-order chi connectivity index (χ0) is 10.6. The van der Waals surface area contributed by atoms with Gasteiger partial charge in [-0.2, -0.15) is 0 Å². The second-order valence-electron chi connectivity index (χ2n) is 3.66. The lowest BCUT2D eigenvalue weighted by molar-refractivity contribution is 0.506. The monoisotopic (exact) mass is 193 g/mol. The molecule has 14 heavy (non-hydrogen) atoms. The molecule has 1 unspecified atom stereocenters. The van der Waals surface area contributed by atoms with Gasteiger partial charge in [0.05, 0.1) is 12.3 Å². The fourth-order valence-corrected chi connectivity index (χ4v) is 1.58. The summed E-state index contributed by atoms with van der Waals surface area (Å²) in [5.74, 6) is 1.07. The summed E-state index contributed by atoms with van der Waals surface area (Å²) in [5, 5.41) is 3.27. The molecule has 0 aliphatic rings. The number of furan rings is 1. The fourth-order valence-electron chi connectivity index (χ4n) is 1.58. The number of allylic oxidation sites excluding steroid dienone is 1. The Kier molecular flexibility index (Phi) is 3.96. The van der Waals surface area contributed by atoms with Gasteiger partial charge in [-0.1, -0.05) is 18.6 Å². The van der Waals surface area contributed by atoms with Crippen LogP contribution in [0.2, 0.25) is 0 Å². The first-order valence-electron chi connectivity index (χ1n) is 5.07. The third kappa shape index (κ3) is 2.48. The van der Waals surface area contributed by atoms with Crippen LogP contribution in [0.1, 0.15) is 38.1 Å². The Balaban J connectivity index is 2.94. The van der Waals surface area contributed by atoms with Crippen molar-refractivity contribution < 1.29 is 4.42 Å². The summed E-state index contributed by atoms with van der Waals surface area (Å²) in [7, 11) is 1.97. The van der Waals surface area contributed by atoms with E-state index in [1.165, 1.54) is 11.1 Å². The lowest BCUT2D eigenvalue weighted by Crippen LogP contribution is -2.14. The lowest BCUT2D eigenvalue weighted by atomic mass is 10.0. The maximum atomic E-state index is 5.41. The van der Waals surface area contributed by atoms with Gasteiger partial charge in [-0.25, -0.2) is 0 Å². The lowest BCUT2D eigenvalue weighted by Gasteiger charge is -2.12. The van der Waals surface area contributed by atoms with Crippen molar-refractivity contribution in [2.75, 3.05) is 7.05 Å². The van der Waals surface area contributed by atoms with Crippen molar-refractivity contribution in [1.29, 1.82) is 0 Å². The number of aryl methyl sites for hydroxylation is 1. The molecule has 0 saturated carbocycles. The van der Waals surface area contributed by atoms with Gasteiger partial charge in [0.2, 0.25) is 0 Å². The van der Waals surface area contributed by atoms with Crippen molar-refractivity contribution >= 4 is 0 Å². The Morgan fingerprint density at radius 3 is 2.79 bits per heavy atom. The number of likely N-dealkylation sites (N-methyl/N-ethyl adjacent to an activating group) is 1. The second kappa shape index (κ2) is 5.01. The maximum absolute atomic E-state index is 5.41. The first-order chi connectivity index (χ1) is 6.69. The molecule has 1 N–H and O–H groups in total. The van der Waals surface area contributed by atoms with Crippen molar-refractivity contribution in [3.05, 3.63) is 35.3 Å². The third-order valence-electron chi connectivity index (χ3n) is 2.25. The molecule has 1 aromatic heterocycles. The largest absolute Gasteiger partial charge is 0.469 e. The van der Waals surface area contributed by atoms with E-state index >= 15 is 0 Å². The van der Waals surface area contributed by atoms with Crippen molar-refractivity contribution in [1.82, 2.24) is 5.32 Å². The number of hydrogen-bond donors (Lipinski definition) is 1. The molecular formula is C12H19NO. The predicted molar refractivity (Wildman–Crippen MR) is 59.3 cm³/mol. The van der Waals surface area contributed by atoms with E-state index < -0.39 is 0 Å². The minimum atomic E-state index is 0.272. The Bertz CT molecular complexity index is 308. The van der Waals surface area contributed by atoms with Gasteiger partial charge in [-0.3, -0.25) is 0 Å². The summed E-state index contributed by atoms with van der Waals surface area (Å²) >= 11 is 0. The highest BCUT2D eigenvalue weighted by Gasteiger charge is 2.12. The van der Waals surface area contributed by atoms with Crippen LogP contribution in [0.25, 0.3) is 0 Å². The van der Waals surface area contributed by atoms with E-state index in [9.17, 15) is 0 Å². The van der Waals surface area contributed by atoms with E-state index in [1.807, 2.05) is 13.1 Å². The Labute approximate surface area is 86.0 Å². The van der Waals surface area contributed by atoms with Crippen LogP contribution in [0.5, 0.6) is 0 Å². The van der Waals surface area contributed by atoms with Gasteiger partial charge < -0.3 is 9.73 Å². The van der Waals surface area contributed by atoms with E-state index in [-0.39, 0.29) is 6.04 Å². The number of nitrogens with one attached hydrogen (secondary N) is 1. The fraction of sp³-hybridized carbons (Fsp3) is 0.500. The first-order valence-corrected chi connectivity index (χ1v) is 5.07. The summed E-state index contributed by atoms with van der Waals surface area (Å²) in [6.07, 6.45) is 4.92. The van der Waals surface area contributed by atoms with Gasteiger partial charge in [0.1, 0.15) is 5.76 Å². The van der Waals surface area contributed by atoms with Crippen LogP contribution in [-0.4, -0.2) is 7.05 Å². The SMILES string of the molecule is CCc1occc1C(C=C(C)C)NC. The van der Waals surface area contributed by atoms with Crippen LogP contribution in [0.15, 0.2) is 28.4 Å². The quantitative estimate of drug-likeness (QED) is 0.743. The molecule has 0 aliphatic heterocycles. The van der Waals surface area contributed by atoms with Crippen LogP contribution >= 0.6 is 0 Å². The molecular weight excluding hydrogens is 174 g/mol. The van der Waals surface area contributed by atoms with Gasteiger partial charge in [0.15, 0.2) is 0 Å². The summed E-state index contributed by atoms with van der Waals surface area (Å²) in [5.41, 5.74) is 2.56. The minimum absolute atomic E-state index is 0.272. The van der Waals surface area contributed by atoms with Crippen LogP contribution < -0.4 is 5.32 Å². The third-order valence-corrected chi connectivity index (χ3v) is 2.25. The molecule has 0 radical (unpaired) electrons. The highest BCUT2D eigenvalue weighted by atomic mass is 16.3. The standard InChI is InChI=1S/C12H19NO/c1-5-12-10(6-7-14-12)11(13-4)8-9(2)3/h6-8,11,13H,5H2,1-4H3. The summed E-state index contributed by atoms with van der Waals surface area (Å²) in [6, 6.07) is 2.31. The molecule has 1 heterocycles. The first kappa shape index (κ1) is 11.1. The van der Waals surface area contributed by atoms with Gasteiger partial charge in [-0.15, -0.1) is 0 Å². The summed E-state index contributed by atoms with van der Waals surface area (Å²) < 4.78 is 5.41. The Morgan fingerprint density at radius 1 is 1.57 bits per heavy atom. The van der Waals surface area contributed by atoms with Crippen molar-refractivity contribution in [3.8, 4) is 0 Å². The molecule has 78 valence electrons. The maximum Gasteiger partial charge on any atom is 0.108 e. The zero-order valence-electron chi connectivity index (χ0n) is 9.42. The van der Waals surface area contributed by atoms with Gasteiger partial charge in [-0.05, 0) is 27.0 Å². The van der Waals surface area contributed by atoms with Crippen LogP contribution in [0.3, 0.4) is 0 Å². The second-order valence-corrected chi connectivity index (χ2v) is 3.66. The van der Waals surface area contributed by atoms with Crippen molar-refractivity contribution in [2.45, 2.75) is 33.2 Å². The number of hydrogen-bond acceptors (Lipinski definition) is 2. The molecule has 1 aromatic rings. The minimum Gasteiger partial charge on any atom is -0.469 e. The van der Waals surface area contributed by atoms with Crippen LogP contribution in [0.4, 0.5) is 0 Å². The normalized spacial score (nSPS) is 12.6. The molecule has 0 fully saturated rings. The van der Waals surface area contributed by atoms with Crippen molar-refractivity contribution in [2.24, 2.45) is 0 Å². The zero-order valence-corrected chi connectivity index (χ0v) is 9.42. The molecule has 1 atom stereocenters. The molecule has 0 aromatic carbocycles. The smallest absolute Gasteiger partial charge is 0.108 e. The van der Waals surface area contributed by atoms with Gasteiger partial charge in [0, 0.05) is 12.0 Å². The molecule has 0 aliphatic carbocycles. The Hall–Kier alpha value is -1.02. The highest BCUT2D eigenvalue weighted by Crippen LogP contribution is 2.21. The van der Waals surface area contributed by atoms with Crippen LogP contribution in [0, 0.1) is 0 Å². The van der Waals surface area contributed by atoms with Gasteiger partial charge >= 0.3 is 0 Å². The topological polar surface area (TPSA) is 25.2 Å². The molecule has 0 amide bonds. The highest BCUT2D eigenvalue weighted by molar-refractivity contribution is 5.26. The Morgan fingerprint density at radius 2 is 2.29 bits per heavy atom.